The average molecular weight is 310 g/mol. The number of fused-ring (bicyclic) bond motifs is 1. The van der Waals surface area contributed by atoms with E-state index in [1.807, 2.05) is 44.2 Å². The van der Waals surface area contributed by atoms with Crippen LogP contribution in [0.3, 0.4) is 0 Å². The van der Waals surface area contributed by atoms with E-state index in [-0.39, 0.29) is 12.1 Å². The molecule has 1 aliphatic heterocycles. The normalized spacial score (nSPS) is 13.8. The van der Waals surface area contributed by atoms with Crippen molar-refractivity contribution in [1.29, 1.82) is 0 Å². The highest BCUT2D eigenvalue weighted by Crippen LogP contribution is 2.26. The van der Waals surface area contributed by atoms with E-state index in [0.29, 0.717) is 0 Å². The summed E-state index contributed by atoms with van der Waals surface area (Å²) >= 11 is 0. The van der Waals surface area contributed by atoms with Crippen molar-refractivity contribution in [2.45, 2.75) is 32.7 Å². The number of urea groups is 1. The molecule has 0 aliphatic carbocycles. The Morgan fingerprint density at radius 3 is 2.91 bits per heavy atom. The predicted molar refractivity (Wildman–Crippen MR) is 92.1 cm³/mol. The Balaban J connectivity index is 1.55. The first-order valence-electron chi connectivity index (χ1n) is 7.99. The van der Waals surface area contributed by atoms with Crippen LogP contribution in [0.2, 0.25) is 0 Å². The average Bonchev–Trinajstić information content (AvgIpc) is 2.97. The van der Waals surface area contributed by atoms with E-state index >= 15 is 0 Å². The van der Waals surface area contributed by atoms with Crippen molar-refractivity contribution in [3.8, 4) is 5.75 Å². The molecule has 1 heterocycles. The molecular weight excluding hydrogens is 288 g/mol. The van der Waals surface area contributed by atoms with Gasteiger partial charge in [-0.1, -0.05) is 30.3 Å². The largest absolute Gasteiger partial charge is 0.493 e. The molecule has 0 radical (unpaired) electrons. The molecule has 2 aromatic rings. The van der Waals surface area contributed by atoms with E-state index in [9.17, 15) is 4.79 Å². The summed E-state index contributed by atoms with van der Waals surface area (Å²) in [6, 6.07) is 13.9. The number of benzene rings is 2. The number of amides is 2. The second-order valence-corrected chi connectivity index (χ2v) is 6.06. The van der Waals surface area contributed by atoms with Gasteiger partial charge in [0, 0.05) is 18.2 Å². The van der Waals surface area contributed by atoms with Crippen molar-refractivity contribution < 1.29 is 9.53 Å². The van der Waals surface area contributed by atoms with Crippen molar-refractivity contribution in [2.24, 2.45) is 0 Å². The number of carbonyl (C=O) groups is 1. The Bertz CT molecular complexity index is 712. The zero-order chi connectivity index (χ0) is 16.2. The van der Waals surface area contributed by atoms with Gasteiger partial charge in [-0.05, 0) is 49.1 Å². The highest BCUT2D eigenvalue weighted by Gasteiger charge is 2.14. The molecule has 0 unspecified atom stereocenters. The minimum Gasteiger partial charge on any atom is -0.493 e. The summed E-state index contributed by atoms with van der Waals surface area (Å²) in [6.07, 6.45) is 1.77. The number of anilines is 1. The van der Waals surface area contributed by atoms with Crippen LogP contribution >= 0.6 is 0 Å². The van der Waals surface area contributed by atoms with E-state index < -0.39 is 0 Å². The molecule has 2 amide bonds. The minimum absolute atomic E-state index is 0.0550. The van der Waals surface area contributed by atoms with E-state index in [1.54, 1.807) is 0 Å². The Kier molecular flexibility index (Phi) is 4.51. The lowest BCUT2D eigenvalue weighted by Gasteiger charge is -2.16. The van der Waals surface area contributed by atoms with Crippen molar-refractivity contribution in [3.63, 3.8) is 0 Å². The molecule has 0 fully saturated rings. The number of para-hydroxylation sites is 1. The Morgan fingerprint density at radius 1 is 1.26 bits per heavy atom. The zero-order valence-electron chi connectivity index (χ0n) is 13.6. The molecule has 4 nitrogen and oxygen atoms in total. The summed E-state index contributed by atoms with van der Waals surface area (Å²) in [7, 11) is 0. The van der Waals surface area contributed by atoms with Gasteiger partial charge < -0.3 is 15.4 Å². The number of rotatable bonds is 4. The van der Waals surface area contributed by atoms with Gasteiger partial charge in [0.2, 0.25) is 0 Å². The SMILES string of the molecule is Cc1ccccc1NC(=O)N[C@@H](C)Cc1ccc2c(c1)CCO2. The fourth-order valence-corrected chi connectivity index (χ4v) is 2.87. The van der Waals surface area contributed by atoms with Gasteiger partial charge in [0.25, 0.3) is 0 Å². The standard InChI is InChI=1S/C19H22N2O2/c1-13-5-3-4-6-17(13)21-19(22)20-14(2)11-15-7-8-18-16(12-15)9-10-23-18/h3-8,12,14H,9-11H2,1-2H3,(H2,20,21,22)/t14-/m0/s1. The van der Waals surface area contributed by atoms with Crippen LogP contribution in [-0.4, -0.2) is 18.7 Å². The van der Waals surface area contributed by atoms with Gasteiger partial charge in [0.05, 0.1) is 6.61 Å². The van der Waals surface area contributed by atoms with Gasteiger partial charge in [-0.25, -0.2) is 4.79 Å². The molecule has 0 bridgehead atoms. The van der Waals surface area contributed by atoms with Crippen molar-refractivity contribution >= 4 is 11.7 Å². The van der Waals surface area contributed by atoms with Crippen LogP contribution in [0.1, 0.15) is 23.6 Å². The van der Waals surface area contributed by atoms with E-state index in [1.165, 1.54) is 11.1 Å². The number of hydrogen-bond donors (Lipinski definition) is 2. The van der Waals surface area contributed by atoms with Gasteiger partial charge >= 0.3 is 6.03 Å². The number of hydrogen-bond acceptors (Lipinski definition) is 2. The second kappa shape index (κ2) is 6.73. The van der Waals surface area contributed by atoms with Crippen molar-refractivity contribution in [3.05, 3.63) is 59.2 Å². The topological polar surface area (TPSA) is 50.4 Å². The summed E-state index contributed by atoms with van der Waals surface area (Å²) in [4.78, 5) is 12.1. The first-order valence-corrected chi connectivity index (χ1v) is 7.99. The first kappa shape index (κ1) is 15.4. The molecule has 0 aromatic heterocycles. The lowest BCUT2D eigenvalue weighted by Crippen LogP contribution is -2.37. The molecule has 2 N–H and O–H groups in total. The summed E-state index contributed by atoms with van der Waals surface area (Å²) in [5, 5.41) is 5.89. The van der Waals surface area contributed by atoms with Gasteiger partial charge in [-0.15, -0.1) is 0 Å². The Morgan fingerprint density at radius 2 is 2.09 bits per heavy atom. The first-order chi connectivity index (χ1) is 11.1. The maximum absolute atomic E-state index is 12.1. The maximum Gasteiger partial charge on any atom is 0.319 e. The molecule has 0 spiro atoms. The molecule has 4 heteroatoms. The zero-order valence-corrected chi connectivity index (χ0v) is 13.6. The summed E-state index contributed by atoms with van der Waals surface area (Å²) < 4.78 is 5.52. The van der Waals surface area contributed by atoms with E-state index in [2.05, 4.69) is 22.8 Å². The second-order valence-electron chi connectivity index (χ2n) is 6.06. The monoisotopic (exact) mass is 310 g/mol. The van der Waals surface area contributed by atoms with Crippen LogP contribution in [0.4, 0.5) is 10.5 Å². The molecule has 2 aromatic carbocycles. The Hall–Kier alpha value is -2.49. The summed E-state index contributed by atoms with van der Waals surface area (Å²) in [5.41, 5.74) is 4.37. The molecule has 1 atom stereocenters. The van der Waals surface area contributed by atoms with E-state index in [4.69, 9.17) is 4.74 Å². The predicted octanol–water partition coefficient (Wildman–Crippen LogP) is 3.68. The molecule has 120 valence electrons. The summed E-state index contributed by atoms with van der Waals surface area (Å²) in [6.45, 7) is 4.76. The lowest BCUT2D eigenvalue weighted by atomic mass is 10.0. The molecule has 0 saturated carbocycles. The van der Waals surface area contributed by atoms with E-state index in [0.717, 1.165) is 36.4 Å². The van der Waals surface area contributed by atoms with Crippen molar-refractivity contribution in [2.75, 3.05) is 11.9 Å². The van der Waals surface area contributed by atoms with Gasteiger partial charge in [-0.3, -0.25) is 0 Å². The number of carbonyl (C=O) groups excluding carboxylic acids is 1. The highest BCUT2D eigenvalue weighted by atomic mass is 16.5. The maximum atomic E-state index is 12.1. The highest BCUT2D eigenvalue weighted by molar-refractivity contribution is 5.90. The Labute approximate surface area is 136 Å². The van der Waals surface area contributed by atoms with Crippen LogP contribution in [0.25, 0.3) is 0 Å². The molecular formula is C19H22N2O2. The van der Waals surface area contributed by atoms with Crippen LogP contribution in [0.5, 0.6) is 5.75 Å². The molecule has 0 saturated heterocycles. The van der Waals surface area contributed by atoms with Crippen LogP contribution in [0.15, 0.2) is 42.5 Å². The minimum atomic E-state index is -0.170. The number of nitrogens with one attached hydrogen (secondary N) is 2. The third-order valence-corrected chi connectivity index (χ3v) is 4.07. The molecule has 3 rings (SSSR count). The van der Waals surface area contributed by atoms with Crippen LogP contribution in [-0.2, 0) is 12.8 Å². The van der Waals surface area contributed by atoms with Gasteiger partial charge in [-0.2, -0.15) is 0 Å². The van der Waals surface area contributed by atoms with Crippen molar-refractivity contribution in [1.82, 2.24) is 5.32 Å². The number of aryl methyl sites for hydroxylation is 1. The third-order valence-electron chi connectivity index (χ3n) is 4.07. The fraction of sp³-hybridized carbons (Fsp3) is 0.316. The third kappa shape index (κ3) is 3.83. The van der Waals surface area contributed by atoms with Crippen LogP contribution < -0.4 is 15.4 Å². The molecule has 23 heavy (non-hydrogen) atoms. The quantitative estimate of drug-likeness (QED) is 0.905. The van der Waals surface area contributed by atoms with Gasteiger partial charge in [0.1, 0.15) is 5.75 Å². The number of ether oxygens (including phenoxy) is 1. The smallest absolute Gasteiger partial charge is 0.319 e. The molecule has 1 aliphatic rings. The fourth-order valence-electron chi connectivity index (χ4n) is 2.87. The summed E-state index contributed by atoms with van der Waals surface area (Å²) in [5.74, 6) is 0.992. The van der Waals surface area contributed by atoms with Gasteiger partial charge in [0.15, 0.2) is 0 Å². The lowest BCUT2D eigenvalue weighted by molar-refractivity contribution is 0.249. The van der Waals surface area contributed by atoms with Crippen LogP contribution in [0, 0.1) is 6.92 Å².